The van der Waals surface area contributed by atoms with E-state index in [1.54, 1.807) is 7.11 Å². The van der Waals surface area contributed by atoms with Gasteiger partial charge in [-0.3, -0.25) is 0 Å². The molecule has 0 aromatic heterocycles. The van der Waals surface area contributed by atoms with Crippen LogP contribution >= 0.6 is 0 Å². The van der Waals surface area contributed by atoms with Gasteiger partial charge >= 0.3 is 0 Å². The predicted octanol–water partition coefficient (Wildman–Crippen LogP) is 4.70. The molecule has 3 nitrogen and oxygen atoms in total. The summed E-state index contributed by atoms with van der Waals surface area (Å²) in [6.07, 6.45) is 0.810. The molecule has 23 heavy (non-hydrogen) atoms. The molecule has 0 unspecified atom stereocenters. The number of hydrogen-bond donors (Lipinski definition) is 0. The molecule has 0 N–H and O–H groups in total. The lowest BCUT2D eigenvalue weighted by Gasteiger charge is -2.11. The van der Waals surface area contributed by atoms with Crippen LogP contribution in [-0.4, -0.2) is 20.3 Å². The summed E-state index contributed by atoms with van der Waals surface area (Å²) in [6, 6.07) is 22.1. The van der Waals surface area contributed by atoms with E-state index in [-0.39, 0.29) is 0 Å². The van der Waals surface area contributed by atoms with Gasteiger partial charge in [0.25, 0.3) is 0 Å². The Kier molecular flexibility index (Phi) is 4.99. The molecule has 3 aromatic rings. The lowest BCUT2D eigenvalue weighted by molar-refractivity contribution is 0.240. The molecule has 0 bridgehead atoms. The predicted molar refractivity (Wildman–Crippen MR) is 92.5 cm³/mol. The van der Waals surface area contributed by atoms with Crippen molar-refractivity contribution in [2.75, 3.05) is 20.3 Å². The van der Waals surface area contributed by atoms with E-state index in [4.69, 9.17) is 14.2 Å². The minimum Gasteiger partial charge on any atom is -0.493 e. The molecule has 0 aliphatic carbocycles. The van der Waals surface area contributed by atoms with Crippen molar-refractivity contribution in [3.63, 3.8) is 0 Å². The number of methoxy groups -OCH3 is 1. The molecule has 0 aliphatic heterocycles. The highest BCUT2D eigenvalue weighted by atomic mass is 16.5. The van der Waals surface area contributed by atoms with Crippen molar-refractivity contribution >= 4 is 10.8 Å². The average molecular weight is 308 g/mol. The number of ether oxygens (including phenoxy) is 3. The zero-order valence-corrected chi connectivity index (χ0v) is 13.2. The van der Waals surface area contributed by atoms with Crippen molar-refractivity contribution in [3.8, 4) is 17.2 Å². The van der Waals surface area contributed by atoms with Gasteiger partial charge in [-0.15, -0.1) is 0 Å². The van der Waals surface area contributed by atoms with E-state index in [0.29, 0.717) is 13.2 Å². The minimum absolute atomic E-state index is 0.591. The summed E-state index contributed by atoms with van der Waals surface area (Å²) >= 11 is 0. The van der Waals surface area contributed by atoms with Gasteiger partial charge in [0.1, 0.15) is 5.75 Å². The Bertz CT molecular complexity index is 767. The molecule has 0 spiro atoms. The van der Waals surface area contributed by atoms with Crippen LogP contribution in [-0.2, 0) is 0 Å². The van der Waals surface area contributed by atoms with Crippen LogP contribution in [0.25, 0.3) is 10.8 Å². The van der Waals surface area contributed by atoms with Gasteiger partial charge in [-0.2, -0.15) is 0 Å². The maximum Gasteiger partial charge on any atom is 0.161 e. The van der Waals surface area contributed by atoms with Gasteiger partial charge in [0.15, 0.2) is 11.5 Å². The van der Waals surface area contributed by atoms with E-state index in [1.807, 2.05) is 42.5 Å². The van der Waals surface area contributed by atoms with Crippen LogP contribution in [0.1, 0.15) is 6.42 Å². The maximum absolute atomic E-state index is 5.80. The molecule has 3 aromatic carbocycles. The third-order valence-electron chi connectivity index (χ3n) is 3.60. The van der Waals surface area contributed by atoms with Gasteiger partial charge < -0.3 is 14.2 Å². The summed E-state index contributed by atoms with van der Waals surface area (Å²) in [5.41, 5.74) is 0. The van der Waals surface area contributed by atoms with Crippen LogP contribution in [0.4, 0.5) is 0 Å². The molecule has 0 amide bonds. The van der Waals surface area contributed by atoms with Crippen molar-refractivity contribution in [1.29, 1.82) is 0 Å². The highest BCUT2D eigenvalue weighted by Gasteiger charge is 2.02. The fraction of sp³-hybridized carbons (Fsp3) is 0.200. The van der Waals surface area contributed by atoms with Crippen molar-refractivity contribution in [3.05, 3.63) is 66.7 Å². The molecule has 118 valence electrons. The molecule has 0 aliphatic rings. The van der Waals surface area contributed by atoms with Gasteiger partial charge in [0, 0.05) is 6.42 Å². The molecule has 0 fully saturated rings. The van der Waals surface area contributed by atoms with Crippen LogP contribution in [0, 0.1) is 0 Å². The number of fused-ring (bicyclic) bond motifs is 1. The highest BCUT2D eigenvalue weighted by Crippen LogP contribution is 2.26. The first-order valence-corrected chi connectivity index (χ1v) is 7.74. The highest BCUT2D eigenvalue weighted by molar-refractivity contribution is 5.83. The van der Waals surface area contributed by atoms with Crippen LogP contribution < -0.4 is 14.2 Å². The Morgan fingerprint density at radius 1 is 0.696 bits per heavy atom. The average Bonchev–Trinajstić information content (AvgIpc) is 2.61. The molecular formula is C20H20O3. The van der Waals surface area contributed by atoms with Crippen molar-refractivity contribution in [2.24, 2.45) is 0 Å². The minimum atomic E-state index is 0.591. The van der Waals surface area contributed by atoms with E-state index < -0.39 is 0 Å². The lowest BCUT2D eigenvalue weighted by Crippen LogP contribution is -2.05. The van der Waals surface area contributed by atoms with Crippen molar-refractivity contribution in [1.82, 2.24) is 0 Å². The largest absolute Gasteiger partial charge is 0.493 e. The van der Waals surface area contributed by atoms with Gasteiger partial charge in [0.2, 0.25) is 0 Å². The monoisotopic (exact) mass is 308 g/mol. The fourth-order valence-corrected chi connectivity index (χ4v) is 2.43. The Balaban J connectivity index is 1.47. The molecule has 0 radical (unpaired) electrons. The number of benzene rings is 3. The molecule has 3 heteroatoms. The van der Waals surface area contributed by atoms with Crippen LogP contribution in [0.3, 0.4) is 0 Å². The molecule has 0 saturated carbocycles. The smallest absolute Gasteiger partial charge is 0.161 e. The van der Waals surface area contributed by atoms with Crippen molar-refractivity contribution < 1.29 is 14.2 Å². The van der Waals surface area contributed by atoms with E-state index in [2.05, 4.69) is 24.3 Å². The first-order chi connectivity index (χ1) is 11.4. The first kappa shape index (κ1) is 15.2. The first-order valence-electron chi connectivity index (χ1n) is 7.74. The summed E-state index contributed by atoms with van der Waals surface area (Å²) < 4.78 is 16.8. The topological polar surface area (TPSA) is 27.7 Å². The number of para-hydroxylation sites is 2. The van der Waals surface area contributed by atoms with E-state index in [1.165, 1.54) is 10.8 Å². The second-order valence-corrected chi connectivity index (χ2v) is 5.21. The van der Waals surface area contributed by atoms with Gasteiger partial charge in [0.05, 0.1) is 20.3 Å². The molecule has 0 heterocycles. The van der Waals surface area contributed by atoms with E-state index >= 15 is 0 Å². The quantitative estimate of drug-likeness (QED) is 0.592. The van der Waals surface area contributed by atoms with Crippen molar-refractivity contribution in [2.45, 2.75) is 6.42 Å². The summed E-state index contributed by atoms with van der Waals surface area (Å²) in [5, 5.41) is 2.41. The molecule has 0 atom stereocenters. The molecule has 3 rings (SSSR count). The standard InChI is InChI=1S/C20H20O3/c1-21-19-9-4-5-10-20(19)23-14-6-13-22-18-12-11-16-7-2-3-8-17(16)15-18/h2-5,7-12,15H,6,13-14H2,1H3. The number of rotatable bonds is 7. The Hall–Kier alpha value is -2.68. The molecule has 0 saturated heterocycles. The maximum atomic E-state index is 5.80. The third kappa shape index (κ3) is 3.95. The van der Waals surface area contributed by atoms with E-state index in [9.17, 15) is 0 Å². The second kappa shape index (κ2) is 7.54. The summed E-state index contributed by atoms with van der Waals surface area (Å²) in [5.74, 6) is 2.41. The summed E-state index contributed by atoms with van der Waals surface area (Å²) in [6.45, 7) is 1.21. The Labute approximate surface area is 136 Å². The van der Waals surface area contributed by atoms with Gasteiger partial charge in [-0.05, 0) is 35.0 Å². The van der Waals surface area contributed by atoms with E-state index in [0.717, 1.165) is 23.7 Å². The Morgan fingerprint density at radius 3 is 2.22 bits per heavy atom. The van der Waals surface area contributed by atoms with Gasteiger partial charge in [-0.25, -0.2) is 0 Å². The number of hydrogen-bond acceptors (Lipinski definition) is 3. The normalized spacial score (nSPS) is 10.5. The molecular weight excluding hydrogens is 288 g/mol. The summed E-state index contributed by atoms with van der Waals surface area (Å²) in [7, 11) is 1.64. The third-order valence-corrected chi connectivity index (χ3v) is 3.60. The zero-order chi connectivity index (χ0) is 15.9. The Morgan fingerprint density at radius 2 is 1.39 bits per heavy atom. The summed E-state index contributed by atoms with van der Waals surface area (Å²) in [4.78, 5) is 0. The van der Waals surface area contributed by atoms with Crippen LogP contribution in [0.15, 0.2) is 66.7 Å². The van der Waals surface area contributed by atoms with Gasteiger partial charge in [-0.1, -0.05) is 42.5 Å². The zero-order valence-electron chi connectivity index (χ0n) is 13.2. The lowest BCUT2D eigenvalue weighted by atomic mass is 10.1. The van der Waals surface area contributed by atoms with Crippen LogP contribution in [0.2, 0.25) is 0 Å². The SMILES string of the molecule is COc1ccccc1OCCCOc1ccc2ccccc2c1. The fourth-order valence-electron chi connectivity index (χ4n) is 2.43. The second-order valence-electron chi connectivity index (χ2n) is 5.21. The van der Waals surface area contributed by atoms with Crippen LogP contribution in [0.5, 0.6) is 17.2 Å².